The van der Waals surface area contributed by atoms with Gasteiger partial charge in [-0.2, -0.15) is 22.7 Å². The zero-order valence-corrected chi connectivity index (χ0v) is 19.1. The van der Waals surface area contributed by atoms with E-state index in [2.05, 4.69) is 11.4 Å². The SMILES string of the molecule is N#Cc1c(NC(=O)CN2CCN(S(=O)(=O)c3ccccc3C(F)(F)F)CC2)sc2c1CCC2. The third kappa shape index (κ3) is 4.77. The fourth-order valence-corrected chi connectivity index (χ4v) is 7.06. The van der Waals surface area contributed by atoms with E-state index in [1.165, 1.54) is 17.4 Å². The molecule has 2 heterocycles. The van der Waals surface area contributed by atoms with Gasteiger partial charge in [-0.15, -0.1) is 11.3 Å². The molecule has 176 valence electrons. The number of carbonyl (C=O) groups excluding carboxylic acids is 1. The van der Waals surface area contributed by atoms with Crippen molar-refractivity contribution >= 4 is 32.3 Å². The Balaban J connectivity index is 1.38. The number of anilines is 1. The third-order valence-electron chi connectivity index (χ3n) is 5.79. The van der Waals surface area contributed by atoms with Crippen molar-refractivity contribution in [1.29, 1.82) is 5.26 Å². The van der Waals surface area contributed by atoms with E-state index in [1.807, 2.05) is 0 Å². The monoisotopic (exact) mass is 498 g/mol. The summed E-state index contributed by atoms with van der Waals surface area (Å²) in [7, 11) is -4.33. The highest BCUT2D eigenvalue weighted by Crippen LogP contribution is 2.38. The lowest BCUT2D eigenvalue weighted by molar-refractivity contribution is -0.140. The van der Waals surface area contributed by atoms with Crippen molar-refractivity contribution in [2.45, 2.75) is 30.3 Å². The minimum absolute atomic E-state index is 0.000457. The molecular weight excluding hydrogens is 477 g/mol. The first-order valence-corrected chi connectivity index (χ1v) is 12.6. The number of rotatable bonds is 5. The second-order valence-corrected chi connectivity index (χ2v) is 10.9. The number of piperazine rings is 1. The van der Waals surface area contributed by atoms with Gasteiger partial charge in [-0.25, -0.2) is 8.42 Å². The average Bonchev–Trinajstić information content (AvgIpc) is 3.34. The average molecular weight is 499 g/mol. The summed E-state index contributed by atoms with van der Waals surface area (Å²) in [5.74, 6) is -0.315. The normalized spacial score (nSPS) is 17.5. The van der Waals surface area contributed by atoms with Gasteiger partial charge < -0.3 is 5.32 Å². The topological polar surface area (TPSA) is 93.5 Å². The molecule has 2 aliphatic rings. The van der Waals surface area contributed by atoms with E-state index in [-0.39, 0.29) is 38.6 Å². The molecule has 4 rings (SSSR count). The largest absolute Gasteiger partial charge is 0.417 e. The quantitative estimate of drug-likeness (QED) is 0.684. The smallest absolute Gasteiger partial charge is 0.315 e. The Labute approximate surface area is 193 Å². The second kappa shape index (κ2) is 9.06. The van der Waals surface area contributed by atoms with Crippen LogP contribution in [-0.2, 0) is 33.8 Å². The van der Waals surface area contributed by atoms with Gasteiger partial charge in [0, 0.05) is 31.1 Å². The number of aryl methyl sites for hydroxylation is 1. The molecule has 7 nitrogen and oxygen atoms in total. The van der Waals surface area contributed by atoms with Crippen LogP contribution in [0.5, 0.6) is 0 Å². The molecule has 1 saturated heterocycles. The fourth-order valence-electron chi connectivity index (χ4n) is 4.17. The first-order valence-electron chi connectivity index (χ1n) is 10.3. The fraction of sp³-hybridized carbons (Fsp3) is 0.429. The number of carbonyl (C=O) groups is 1. The van der Waals surface area contributed by atoms with E-state index < -0.39 is 26.7 Å². The lowest BCUT2D eigenvalue weighted by Crippen LogP contribution is -2.50. The van der Waals surface area contributed by atoms with Gasteiger partial charge in [-0.05, 0) is 37.0 Å². The van der Waals surface area contributed by atoms with Gasteiger partial charge in [-0.3, -0.25) is 9.69 Å². The predicted molar refractivity (Wildman–Crippen MR) is 116 cm³/mol. The van der Waals surface area contributed by atoms with Crippen molar-refractivity contribution in [3.8, 4) is 6.07 Å². The zero-order chi connectivity index (χ0) is 23.8. The van der Waals surface area contributed by atoms with Gasteiger partial charge in [0.05, 0.1) is 22.6 Å². The van der Waals surface area contributed by atoms with Gasteiger partial charge in [0.1, 0.15) is 11.1 Å². The number of amides is 1. The first kappa shape index (κ1) is 23.7. The van der Waals surface area contributed by atoms with Crippen LogP contribution in [0.15, 0.2) is 29.2 Å². The van der Waals surface area contributed by atoms with E-state index in [1.54, 1.807) is 4.90 Å². The molecule has 1 fully saturated rings. The number of sulfonamides is 1. The summed E-state index contributed by atoms with van der Waals surface area (Å²) in [6, 6.07) is 6.30. The van der Waals surface area contributed by atoms with E-state index >= 15 is 0 Å². The van der Waals surface area contributed by atoms with Crippen LogP contribution in [0.1, 0.15) is 28.0 Å². The number of hydrogen-bond acceptors (Lipinski definition) is 6. The molecule has 1 aromatic carbocycles. The summed E-state index contributed by atoms with van der Waals surface area (Å²) < 4.78 is 66.6. The maximum Gasteiger partial charge on any atom is 0.417 e. The molecular formula is C21H21F3N4O3S2. The maximum atomic E-state index is 13.3. The van der Waals surface area contributed by atoms with Gasteiger partial charge in [0.15, 0.2) is 0 Å². The molecule has 1 aromatic heterocycles. The van der Waals surface area contributed by atoms with Gasteiger partial charge in [0.2, 0.25) is 15.9 Å². The van der Waals surface area contributed by atoms with Crippen LogP contribution < -0.4 is 5.32 Å². The summed E-state index contributed by atoms with van der Waals surface area (Å²) >= 11 is 1.42. The van der Waals surface area contributed by atoms with Gasteiger partial charge >= 0.3 is 6.18 Å². The van der Waals surface area contributed by atoms with Crippen LogP contribution in [0.2, 0.25) is 0 Å². The molecule has 1 N–H and O–H groups in total. The zero-order valence-electron chi connectivity index (χ0n) is 17.5. The first-order chi connectivity index (χ1) is 15.6. The molecule has 0 spiro atoms. The molecule has 1 amide bonds. The highest BCUT2D eigenvalue weighted by molar-refractivity contribution is 7.89. The molecule has 2 aromatic rings. The number of halogens is 3. The number of fused-ring (bicyclic) bond motifs is 1. The lowest BCUT2D eigenvalue weighted by Gasteiger charge is -2.33. The Morgan fingerprint density at radius 3 is 2.52 bits per heavy atom. The van der Waals surface area contributed by atoms with Crippen LogP contribution in [0.25, 0.3) is 0 Å². The minimum Gasteiger partial charge on any atom is -0.315 e. The Bertz CT molecular complexity index is 1210. The van der Waals surface area contributed by atoms with E-state index in [9.17, 15) is 31.6 Å². The van der Waals surface area contributed by atoms with Crippen LogP contribution in [0.3, 0.4) is 0 Å². The molecule has 0 unspecified atom stereocenters. The second-order valence-electron chi connectivity index (χ2n) is 7.90. The predicted octanol–water partition coefficient (Wildman–Crippen LogP) is 3.07. The summed E-state index contributed by atoms with van der Waals surface area (Å²) in [6.07, 6.45) is -2.05. The number of nitriles is 1. The van der Waals surface area contributed by atoms with Gasteiger partial charge in [0.25, 0.3) is 0 Å². The molecule has 0 bridgehead atoms. The number of hydrogen-bond donors (Lipinski definition) is 1. The van der Waals surface area contributed by atoms with E-state index in [4.69, 9.17) is 0 Å². The number of alkyl halides is 3. The number of nitrogens with one attached hydrogen (secondary N) is 1. The molecule has 12 heteroatoms. The third-order valence-corrected chi connectivity index (χ3v) is 8.96. The summed E-state index contributed by atoms with van der Waals surface area (Å²) in [4.78, 5) is 14.6. The molecule has 33 heavy (non-hydrogen) atoms. The molecule has 0 radical (unpaired) electrons. The van der Waals surface area contributed by atoms with E-state index in [0.29, 0.717) is 10.6 Å². The standard InChI is InChI=1S/C21H21F3N4O3S2/c22-21(23,24)16-5-1-2-7-18(16)33(30,31)28-10-8-27(9-11-28)13-19(29)26-20-15(12-25)14-4-3-6-17(14)32-20/h1-2,5,7H,3-4,6,8-11,13H2,(H,26,29). The molecule has 0 atom stereocenters. The van der Waals surface area contributed by atoms with Crippen LogP contribution in [0, 0.1) is 11.3 Å². The van der Waals surface area contributed by atoms with Crippen molar-refractivity contribution in [3.05, 3.63) is 45.8 Å². The Hall–Kier alpha value is -2.46. The van der Waals surface area contributed by atoms with Crippen LogP contribution >= 0.6 is 11.3 Å². The molecule has 0 saturated carbocycles. The number of benzene rings is 1. The van der Waals surface area contributed by atoms with Crippen LogP contribution in [0.4, 0.5) is 18.2 Å². The Kier molecular flexibility index (Phi) is 6.50. The number of thiophene rings is 1. The highest BCUT2D eigenvalue weighted by atomic mass is 32.2. The van der Waals surface area contributed by atoms with Crippen molar-refractivity contribution in [2.24, 2.45) is 0 Å². The molecule has 1 aliphatic heterocycles. The summed E-state index contributed by atoms with van der Waals surface area (Å²) in [5, 5.41) is 12.8. The minimum atomic E-state index is -4.78. The number of nitrogens with zero attached hydrogens (tertiary/aromatic N) is 3. The molecule has 1 aliphatic carbocycles. The maximum absolute atomic E-state index is 13.3. The summed E-state index contributed by atoms with van der Waals surface area (Å²) in [5.41, 5.74) is 0.332. The van der Waals surface area contributed by atoms with Gasteiger partial charge in [-0.1, -0.05) is 12.1 Å². The Morgan fingerprint density at radius 1 is 1.15 bits per heavy atom. The lowest BCUT2D eigenvalue weighted by atomic mass is 10.1. The highest BCUT2D eigenvalue weighted by Gasteiger charge is 2.39. The van der Waals surface area contributed by atoms with E-state index in [0.717, 1.165) is 52.2 Å². The van der Waals surface area contributed by atoms with Crippen molar-refractivity contribution < 1.29 is 26.4 Å². The van der Waals surface area contributed by atoms with Crippen LogP contribution in [-0.4, -0.2) is 56.3 Å². The Morgan fingerprint density at radius 2 is 1.85 bits per heavy atom. The van der Waals surface area contributed by atoms with Crippen molar-refractivity contribution in [3.63, 3.8) is 0 Å². The van der Waals surface area contributed by atoms with Crippen molar-refractivity contribution in [1.82, 2.24) is 9.21 Å². The van der Waals surface area contributed by atoms with Crippen molar-refractivity contribution in [2.75, 3.05) is 38.0 Å². The summed E-state index contributed by atoms with van der Waals surface area (Å²) in [6.45, 7) is 0.345.